The molecule has 0 bridgehead atoms. The number of hydrogen-bond acceptors (Lipinski definition) is 4. The van der Waals surface area contributed by atoms with Gasteiger partial charge >= 0.3 is 0 Å². The predicted octanol–water partition coefficient (Wildman–Crippen LogP) is 3.33. The molecule has 5 rings (SSSR count). The highest BCUT2D eigenvalue weighted by molar-refractivity contribution is 5.78. The van der Waals surface area contributed by atoms with Crippen molar-refractivity contribution in [3.8, 4) is 0 Å². The Kier molecular flexibility index (Phi) is 6.44. The molecule has 1 aromatic rings. The molecule has 6 heteroatoms. The molecule has 1 aliphatic carbocycles. The molecule has 3 aliphatic heterocycles. The van der Waals surface area contributed by atoms with E-state index in [1.54, 1.807) is 6.07 Å². The van der Waals surface area contributed by atoms with Gasteiger partial charge in [0.2, 0.25) is 5.91 Å². The zero-order valence-electron chi connectivity index (χ0n) is 18.9. The lowest BCUT2D eigenvalue weighted by atomic mass is 9.78. The molecule has 1 amide bonds. The standard InChI is InChI=1S/C25H38N4O2/c30-24-17-21(26-23-10-2-1-5-14-29(23)24)19-11-15-27(16-12-19)25(31)18-28-13-6-8-20-7-3-4-9-22(20)28/h17,19-20,22H,1-16,18H2/t20-,22-/m0/s1. The van der Waals surface area contributed by atoms with Gasteiger partial charge in [0.25, 0.3) is 5.56 Å². The molecule has 4 heterocycles. The summed E-state index contributed by atoms with van der Waals surface area (Å²) in [5, 5.41) is 0. The Morgan fingerprint density at radius 3 is 2.58 bits per heavy atom. The van der Waals surface area contributed by atoms with E-state index in [0.29, 0.717) is 24.4 Å². The molecule has 0 N–H and O–H groups in total. The molecule has 31 heavy (non-hydrogen) atoms. The summed E-state index contributed by atoms with van der Waals surface area (Å²) in [7, 11) is 0. The Morgan fingerprint density at radius 1 is 0.903 bits per heavy atom. The Morgan fingerprint density at radius 2 is 1.71 bits per heavy atom. The summed E-state index contributed by atoms with van der Waals surface area (Å²) in [6.07, 6.45) is 14.1. The van der Waals surface area contributed by atoms with Gasteiger partial charge in [0.1, 0.15) is 5.82 Å². The average molecular weight is 427 g/mol. The van der Waals surface area contributed by atoms with E-state index in [4.69, 9.17) is 4.98 Å². The number of rotatable bonds is 3. The van der Waals surface area contributed by atoms with Gasteiger partial charge in [-0.3, -0.25) is 19.1 Å². The summed E-state index contributed by atoms with van der Waals surface area (Å²) in [4.78, 5) is 35.2. The van der Waals surface area contributed by atoms with Crippen molar-refractivity contribution in [2.75, 3.05) is 26.2 Å². The highest BCUT2D eigenvalue weighted by atomic mass is 16.2. The maximum atomic E-state index is 13.1. The van der Waals surface area contributed by atoms with Crippen LogP contribution in [-0.4, -0.2) is 57.5 Å². The fourth-order valence-electron chi connectivity index (χ4n) is 6.56. The number of carbonyl (C=O) groups excluding carboxylic acids is 1. The molecular formula is C25H38N4O2. The summed E-state index contributed by atoms with van der Waals surface area (Å²) in [6.45, 7) is 4.10. The van der Waals surface area contributed by atoms with Crippen molar-refractivity contribution >= 4 is 5.91 Å². The van der Waals surface area contributed by atoms with Gasteiger partial charge in [-0.05, 0) is 63.8 Å². The predicted molar refractivity (Wildman–Crippen MR) is 121 cm³/mol. The number of amides is 1. The molecule has 1 saturated carbocycles. The lowest BCUT2D eigenvalue weighted by Crippen LogP contribution is -2.52. The monoisotopic (exact) mass is 426 g/mol. The second-order valence-corrected chi connectivity index (χ2v) is 10.3. The van der Waals surface area contributed by atoms with Crippen molar-refractivity contribution in [3.05, 3.63) is 27.9 Å². The minimum atomic E-state index is 0.118. The quantitative estimate of drug-likeness (QED) is 0.744. The van der Waals surface area contributed by atoms with Crippen LogP contribution in [0.15, 0.2) is 10.9 Å². The van der Waals surface area contributed by atoms with Crippen molar-refractivity contribution in [1.82, 2.24) is 19.4 Å². The van der Waals surface area contributed by atoms with Gasteiger partial charge in [-0.25, -0.2) is 4.98 Å². The number of nitrogens with zero attached hydrogens (tertiary/aromatic N) is 4. The van der Waals surface area contributed by atoms with Gasteiger partial charge in [-0.1, -0.05) is 19.3 Å². The minimum Gasteiger partial charge on any atom is -0.342 e. The van der Waals surface area contributed by atoms with E-state index in [9.17, 15) is 9.59 Å². The number of fused-ring (bicyclic) bond motifs is 2. The summed E-state index contributed by atoms with van der Waals surface area (Å²) in [5.74, 6) is 2.41. The fraction of sp³-hybridized carbons (Fsp3) is 0.800. The highest BCUT2D eigenvalue weighted by Crippen LogP contribution is 2.35. The first kappa shape index (κ1) is 21.2. The SMILES string of the molecule is O=C(CN1CCC[C@@H]2CCCC[C@@H]21)N1CCC(c2cc(=O)n3c(n2)CCCCC3)CC1. The summed E-state index contributed by atoms with van der Waals surface area (Å²) >= 11 is 0. The summed E-state index contributed by atoms with van der Waals surface area (Å²) in [5.41, 5.74) is 1.08. The van der Waals surface area contributed by atoms with E-state index in [2.05, 4.69) is 9.80 Å². The van der Waals surface area contributed by atoms with Gasteiger partial charge in [-0.2, -0.15) is 0 Å². The van der Waals surface area contributed by atoms with E-state index in [1.165, 1.54) is 44.9 Å². The molecule has 2 atom stereocenters. The molecule has 0 spiro atoms. The molecule has 6 nitrogen and oxygen atoms in total. The van der Waals surface area contributed by atoms with E-state index in [-0.39, 0.29) is 5.56 Å². The first-order chi connectivity index (χ1) is 15.2. The zero-order chi connectivity index (χ0) is 21.2. The van der Waals surface area contributed by atoms with Crippen LogP contribution in [0, 0.1) is 5.92 Å². The maximum absolute atomic E-state index is 13.1. The summed E-state index contributed by atoms with van der Waals surface area (Å²) < 4.78 is 1.88. The van der Waals surface area contributed by atoms with Crippen molar-refractivity contribution in [2.24, 2.45) is 5.92 Å². The largest absolute Gasteiger partial charge is 0.342 e. The second kappa shape index (κ2) is 9.43. The molecule has 2 saturated heterocycles. The van der Waals surface area contributed by atoms with Gasteiger partial charge < -0.3 is 4.90 Å². The Balaban J connectivity index is 1.19. The lowest BCUT2D eigenvalue weighted by molar-refractivity contribution is -0.135. The zero-order valence-corrected chi connectivity index (χ0v) is 18.9. The molecule has 170 valence electrons. The lowest BCUT2D eigenvalue weighted by Gasteiger charge is -2.44. The van der Waals surface area contributed by atoms with Crippen LogP contribution < -0.4 is 5.56 Å². The van der Waals surface area contributed by atoms with Crippen LogP contribution in [0.5, 0.6) is 0 Å². The number of hydrogen-bond donors (Lipinski definition) is 0. The van der Waals surface area contributed by atoms with Crippen molar-refractivity contribution < 1.29 is 4.79 Å². The molecule has 3 fully saturated rings. The number of piperidine rings is 2. The maximum Gasteiger partial charge on any atom is 0.253 e. The van der Waals surface area contributed by atoms with Crippen molar-refractivity contribution in [1.29, 1.82) is 0 Å². The molecule has 1 aromatic heterocycles. The van der Waals surface area contributed by atoms with Crippen LogP contribution in [0.25, 0.3) is 0 Å². The Bertz CT molecular complexity index is 840. The molecular weight excluding hydrogens is 388 g/mol. The molecule has 4 aliphatic rings. The minimum absolute atomic E-state index is 0.118. The van der Waals surface area contributed by atoms with Crippen LogP contribution >= 0.6 is 0 Å². The van der Waals surface area contributed by atoms with Gasteiger partial charge in [-0.15, -0.1) is 0 Å². The van der Waals surface area contributed by atoms with Crippen LogP contribution in [0.1, 0.15) is 88.1 Å². The van der Waals surface area contributed by atoms with Gasteiger partial charge in [0, 0.05) is 44.1 Å². The van der Waals surface area contributed by atoms with Crippen LogP contribution in [0.3, 0.4) is 0 Å². The first-order valence-electron chi connectivity index (χ1n) is 12.8. The van der Waals surface area contributed by atoms with Gasteiger partial charge in [0.15, 0.2) is 0 Å². The third kappa shape index (κ3) is 4.59. The van der Waals surface area contributed by atoms with Crippen LogP contribution in [0.2, 0.25) is 0 Å². The smallest absolute Gasteiger partial charge is 0.253 e. The van der Waals surface area contributed by atoms with Crippen LogP contribution in [0.4, 0.5) is 0 Å². The van der Waals surface area contributed by atoms with E-state index >= 15 is 0 Å². The number of aromatic nitrogens is 2. The van der Waals surface area contributed by atoms with Crippen LogP contribution in [-0.2, 0) is 17.8 Å². The van der Waals surface area contributed by atoms with Gasteiger partial charge in [0.05, 0.1) is 12.2 Å². The van der Waals surface area contributed by atoms with E-state index < -0.39 is 0 Å². The Labute approximate surface area is 186 Å². The summed E-state index contributed by atoms with van der Waals surface area (Å²) in [6, 6.07) is 2.41. The van der Waals surface area contributed by atoms with E-state index in [0.717, 1.165) is 75.7 Å². The second-order valence-electron chi connectivity index (χ2n) is 10.3. The van der Waals surface area contributed by atoms with Crippen molar-refractivity contribution in [2.45, 2.75) is 95.6 Å². The number of aryl methyl sites for hydroxylation is 1. The third-order valence-electron chi connectivity index (χ3n) is 8.35. The highest BCUT2D eigenvalue weighted by Gasteiger charge is 2.35. The number of carbonyl (C=O) groups is 1. The van der Waals surface area contributed by atoms with E-state index in [1.807, 2.05) is 4.57 Å². The average Bonchev–Trinajstić information content (AvgIpc) is 3.05. The number of likely N-dealkylation sites (tertiary alicyclic amines) is 2. The van der Waals surface area contributed by atoms with Crippen molar-refractivity contribution in [3.63, 3.8) is 0 Å². The molecule has 0 unspecified atom stereocenters. The Hall–Kier alpha value is -1.69. The fourth-order valence-corrected chi connectivity index (χ4v) is 6.56. The normalized spacial score (nSPS) is 27.9. The third-order valence-corrected chi connectivity index (χ3v) is 8.35. The first-order valence-corrected chi connectivity index (χ1v) is 12.8. The molecule has 0 radical (unpaired) electrons. The topological polar surface area (TPSA) is 58.4 Å². The molecule has 0 aromatic carbocycles.